The van der Waals surface area contributed by atoms with Gasteiger partial charge in [-0.2, -0.15) is 18.3 Å². The average molecular weight is 496 g/mol. The Bertz CT molecular complexity index is 1540. The van der Waals surface area contributed by atoms with Gasteiger partial charge in [0, 0.05) is 30.2 Å². The van der Waals surface area contributed by atoms with Gasteiger partial charge in [-0.3, -0.25) is 9.48 Å². The van der Waals surface area contributed by atoms with Gasteiger partial charge in [-0.05, 0) is 19.1 Å². The van der Waals surface area contributed by atoms with Crippen LogP contribution in [0.4, 0.5) is 13.2 Å². The van der Waals surface area contributed by atoms with E-state index in [1.165, 1.54) is 12.4 Å². The average Bonchev–Trinajstić information content (AvgIpc) is 3.62. The first-order valence-corrected chi connectivity index (χ1v) is 11.2. The predicted octanol–water partition coefficient (Wildman–Crippen LogP) is 4.67. The molecule has 1 amide bonds. The number of carbonyl (C=O) groups is 1. The van der Waals surface area contributed by atoms with Gasteiger partial charge < -0.3 is 18.7 Å². The first-order chi connectivity index (χ1) is 17.3. The number of aromatic nitrogens is 5. The molecule has 12 heteroatoms. The molecule has 1 aromatic carbocycles. The van der Waals surface area contributed by atoms with Gasteiger partial charge in [0.15, 0.2) is 0 Å². The molecule has 0 spiro atoms. The van der Waals surface area contributed by atoms with Gasteiger partial charge in [0.05, 0.1) is 29.5 Å². The SMILES string of the molecule is Cc1nc(-c2cnn(CC(F)(F)F)c2)oc1C(=O)N1CCc2[nH]cnc2[C@H]1c1cc2ccccc2o1. The summed E-state index contributed by atoms with van der Waals surface area (Å²) in [5.74, 6) is 0.146. The third-order valence-electron chi connectivity index (χ3n) is 6.11. The zero-order valence-corrected chi connectivity index (χ0v) is 18.9. The maximum absolute atomic E-state index is 13.7. The summed E-state index contributed by atoms with van der Waals surface area (Å²) in [6.07, 6.45) is 0.134. The number of nitrogens with zero attached hydrogens (tertiary/aromatic N) is 5. The standard InChI is InChI=1S/C24H19F3N6O3/c1-13-21(36-22(31-13)15-9-30-32(10-15)11-24(25,26)27)23(34)33-7-6-16-19(29-12-28-16)20(33)18-8-14-4-2-3-5-17(14)35-18/h2-5,8-10,12,20H,6-7,11H2,1H3,(H,28,29)/t20-/m1/s1. The van der Waals surface area contributed by atoms with Crippen molar-refractivity contribution in [3.8, 4) is 11.5 Å². The highest BCUT2D eigenvalue weighted by molar-refractivity contribution is 5.93. The van der Waals surface area contributed by atoms with E-state index in [4.69, 9.17) is 8.83 Å². The highest BCUT2D eigenvalue weighted by atomic mass is 19.4. The molecule has 0 radical (unpaired) electrons. The number of furan rings is 1. The largest absolute Gasteiger partial charge is 0.458 e. The van der Waals surface area contributed by atoms with Gasteiger partial charge in [0.25, 0.3) is 5.91 Å². The van der Waals surface area contributed by atoms with Crippen molar-refractivity contribution in [1.29, 1.82) is 0 Å². The number of aryl methyl sites for hydroxylation is 1. The number of imidazole rings is 1. The van der Waals surface area contributed by atoms with Crippen molar-refractivity contribution in [3.05, 3.63) is 77.7 Å². The fourth-order valence-electron chi connectivity index (χ4n) is 4.51. The lowest BCUT2D eigenvalue weighted by Gasteiger charge is -2.33. The quantitative estimate of drug-likeness (QED) is 0.388. The minimum atomic E-state index is -4.41. The molecule has 1 atom stereocenters. The summed E-state index contributed by atoms with van der Waals surface area (Å²) >= 11 is 0. The second-order valence-corrected chi connectivity index (χ2v) is 8.58. The number of H-pyrrole nitrogens is 1. The number of oxazole rings is 1. The highest BCUT2D eigenvalue weighted by Crippen LogP contribution is 2.37. The highest BCUT2D eigenvalue weighted by Gasteiger charge is 2.38. The molecule has 0 saturated carbocycles. The van der Waals surface area contributed by atoms with Gasteiger partial charge in [-0.15, -0.1) is 0 Å². The Morgan fingerprint density at radius 1 is 1.25 bits per heavy atom. The van der Waals surface area contributed by atoms with E-state index in [1.54, 1.807) is 18.2 Å². The number of nitrogens with one attached hydrogen (secondary N) is 1. The Labute approximate surface area is 201 Å². The number of hydrogen-bond acceptors (Lipinski definition) is 6. The number of halogens is 3. The second kappa shape index (κ2) is 8.11. The van der Waals surface area contributed by atoms with Crippen LogP contribution in [0.25, 0.3) is 22.4 Å². The number of carbonyl (C=O) groups excluding carboxylic acids is 1. The fourth-order valence-corrected chi connectivity index (χ4v) is 4.51. The molecule has 0 bridgehead atoms. The number of hydrogen-bond donors (Lipinski definition) is 1. The van der Waals surface area contributed by atoms with E-state index in [2.05, 4.69) is 20.1 Å². The molecule has 4 aromatic heterocycles. The molecule has 9 nitrogen and oxygen atoms in total. The first-order valence-electron chi connectivity index (χ1n) is 11.2. The second-order valence-electron chi connectivity index (χ2n) is 8.58. The van der Waals surface area contributed by atoms with Crippen LogP contribution in [0.15, 0.2) is 57.9 Å². The van der Waals surface area contributed by atoms with Crippen LogP contribution in [0.1, 0.15) is 39.4 Å². The van der Waals surface area contributed by atoms with Crippen LogP contribution < -0.4 is 0 Å². The number of benzene rings is 1. The van der Waals surface area contributed by atoms with E-state index in [-0.39, 0.29) is 17.2 Å². The lowest BCUT2D eigenvalue weighted by atomic mass is 9.99. The van der Waals surface area contributed by atoms with Crippen LogP contribution in [0.5, 0.6) is 0 Å². The third-order valence-corrected chi connectivity index (χ3v) is 6.11. The van der Waals surface area contributed by atoms with E-state index in [9.17, 15) is 18.0 Å². The Morgan fingerprint density at radius 3 is 2.89 bits per heavy atom. The van der Waals surface area contributed by atoms with Crippen molar-refractivity contribution in [2.24, 2.45) is 0 Å². The number of fused-ring (bicyclic) bond motifs is 2. The molecule has 5 heterocycles. The molecule has 0 unspecified atom stereocenters. The Morgan fingerprint density at radius 2 is 2.08 bits per heavy atom. The number of alkyl halides is 3. The molecule has 0 saturated heterocycles. The molecule has 0 fully saturated rings. The molecule has 1 N–H and O–H groups in total. The lowest BCUT2D eigenvalue weighted by molar-refractivity contribution is -0.142. The molecule has 184 valence electrons. The van der Waals surface area contributed by atoms with Gasteiger partial charge in [0.2, 0.25) is 11.7 Å². The number of rotatable bonds is 4. The van der Waals surface area contributed by atoms with Crippen LogP contribution in [0.2, 0.25) is 0 Å². The number of amides is 1. The van der Waals surface area contributed by atoms with Crippen LogP contribution >= 0.6 is 0 Å². The predicted molar refractivity (Wildman–Crippen MR) is 120 cm³/mol. The molecule has 5 aromatic rings. The van der Waals surface area contributed by atoms with Gasteiger partial charge in [-0.1, -0.05) is 18.2 Å². The van der Waals surface area contributed by atoms with Gasteiger partial charge in [-0.25, -0.2) is 9.97 Å². The Balaban J connectivity index is 1.35. The van der Waals surface area contributed by atoms with Crippen molar-refractivity contribution in [2.75, 3.05) is 6.54 Å². The summed E-state index contributed by atoms with van der Waals surface area (Å²) < 4.78 is 50.7. The summed E-state index contributed by atoms with van der Waals surface area (Å²) in [5.41, 5.74) is 2.84. The van der Waals surface area contributed by atoms with Crippen LogP contribution in [0, 0.1) is 6.92 Å². The summed E-state index contributed by atoms with van der Waals surface area (Å²) in [5, 5.41) is 4.62. The lowest BCUT2D eigenvalue weighted by Crippen LogP contribution is -2.40. The summed E-state index contributed by atoms with van der Waals surface area (Å²) in [7, 11) is 0. The minimum Gasteiger partial charge on any atom is -0.458 e. The Hall–Kier alpha value is -4.35. The summed E-state index contributed by atoms with van der Waals surface area (Å²) in [6.45, 7) is 0.743. The zero-order chi connectivity index (χ0) is 25.0. The van der Waals surface area contributed by atoms with Crippen LogP contribution in [-0.2, 0) is 13.0 Å². The van der Waals surface area contributed by atoms with E-state index in [0.29, 0.717) is 35.7 Å². The summed E-state index contributed by atoms with van der Waals surface area (Å²) in [4.78, 5) is 27.2. The van der Waals surface area contributed by atoms with E-state index >= 15 is 0 Å². The maximum Gasteiger partial charge on any atom is 0.408 e. The molecule has 36 heavy (non-hydrogen) atoms. The maximum atomic E-state index is 13.7. The van der Waals surface area contributed by atoms with Crippen molar-refractivity contribution in [1.82, 2.24) is 29.6 Å². The van der Waals surface area contributed by atoms with Crippen molar-refractivity contribution in [2.45, 2.75) is 32.1 Å². The van der Waals surface area contributed by atoms with Crippen molar-refractivity contribution in [3.63, 3.8) is 0 Å². The van der Waals surface area contributed by atoms with Crippen LogP contribution in [0.3, 0.4) is 0 Å². The van der Waals surface area contributed by atoms with Gasteiger partial charge >= 0.3 is 6.18 Å². The molecular formula is C24H19F3N6O3. The van der Waals surface area contributed by atoms with Crippen molar-refractivity contribution >= 4 is 16.9 Å². The molecular weight excluding hydrogens is 477 g/mol. The first kappa shape index (κ1) is 22.1. The Kier molecular flexibility index (Phi) is 4.99. The monoisotopic (exact) mass is 496 g/mol. The van der Waals surface area contributed by atoms with Gasteiger partial charge in [0.1, 0.15) is 23.9 Å². The van der Waals surface area contributed by atoms with E-state index in [0.717, 1.165) is 15.8 Å². The normalized spacial score (nSPS) is 16.0. The minimum absolute atomic E-state index is 0.00586. The van der Waals surface area contributed by atoms with Crippen molar-refractivity contribution < 1.29 is 26.8 Å². The fraction of sp³-hybridized carbons (Fsp3) is 0.250. The summed E-state index contributed by atoms with van der Waals surface area (Å²) in [6, 6.07) is 8.84. The molecule has 6 rings (SSSR count). The van der Waals surface area contributed by atoms with E-state index in [1.807, 2.05) is 30.3 Å². The number of para-hydroxylation sites is 1. The smallest absolute Gasteiger partial charge is 0.408 e. The third kappa shape index (κ3) is 3.84. The number of aromatic amines is 1. The topological polar surface area (TPSA) is 106 Å². The van der Waals surface area contributed by atoms with E-state index < -0.39 is 24.7 Å². The zero-order valence-electron chi connectivity index (χ0n) is 18.9. The molecule has 1 aliphatic rings. The molecule has 0 aliphatic carbocycles. The van der Waals surface area contributed by atoms with Crippen LogP contribution in [-0.4, -0.2) is 48.3 Å². The molecule has 1 aliphatic heterocycles.